The third-order valence-corrected chi connectivity index (χ3v) is 2.24. The van der Waals surface area contributed by atoms with Crippen LogP contribution in [0.15, 0.2) is 0 Å². The molecule has 1 aliphatic rings. The fourth-order valence-electron chi connectivity index (χ4n) is 1.57. The van der Waals surface area contributed by atoms with Crippen molar-refractivity contribution >= 4 is 0 Å². The molecule has 0 aliphatic carbocycles. The summed E-state index contributed by atoms with van der Waals surface area (Å²) in [6, 6.07) is 0.158. The monoisotopic (exact) mass is 196 g/mol. The number of rotatable bonds is 3. The van der Waals surface area contributed by atoms with Crippen LogP contribution in [-0.4, -0.2) is 36.8 Å². The maximum atomic E-state index is 11.8. The first-order chi connectivity index (χ1) is 5.97. The first kappa shape index (κ1) is 10.8. The van der Waals surface area contributed by atoms with E-state index < -0.39 is 12.6 Å². The van der Waals surface area contributed by atoms with Crippen molar-refractivity contribution in [2.45, 2.75) is 31.5 Å². The number of alkyl halides is 3. The molecule has 1 atom stereocenters. The number of nitrogens with zero attached hydrogens (tertiary/aromatic N) is 1. The van der Waals surface area contributed by atoms with Crippen LogP contribution in [-0.2, 0) is 0 Å². The molecule has 0 saturated carbocycles. The van der Waals surface area contributed by atoms with Gasteiger partial charge in [0.25, 0.3) is 0 Å². The smallest absolute Gasteiger partial charge is 0.326 e. The van der Waals surface area contributed by atoms with Gasteiger partial charge in [-0.2, -0.15) is 13.2 Å². The summed E-state index contributed by atoms with van der Waals surface area (Å²) in [4.78, 5) is 2.00. The minimum atomic E-state index is -4.01. The lowest BCUT2D eigenvalue weighted by Crippen LogP contribution is -2.27. The Balaban J connectivity index is 2.07. The van der Waals surface area contributed by atoms with E-state index in [1.807, 2.05) is 4.90 Å². The third-order valence-electron chi connectivity index (χ3n) is 2.24. The van der Waals surface area contributed by atoms with E-state index in [1.165, 1.54) is 0 Å². The minimum Gasteiger partial charge on any atom is -0.326 e. The van der Waals surface area contributed by atoms with Gasteiger partial charge in [0.15, 0.2) is 0 Å². The molecule has 0 amide bonds. The molecule has 0 bridgehead atoms. The first-order valence-corrected chi connectivity index (χ1v) is 4.52. The summed E-state index contributed by atoms with van der Waals surface area (Å²) in [5.41, 5.74) is 5.62. The molecule has 78 valence electrons. The van der Waals surface area contributed by atoms with Crippen LogP contribution in [0, 0.1) is 0 Å². The van der Waals surface area contributed by atoms with E-state index in [1.54, 1.807) is 0 Å². The normalized spacial score (nSPS) is 25.4. The van der Waals surface area contributed by atoms with Gasteiger partial charge in [-0.25, -0.2) is 0 Å². The van der Waals surface area contributed by atoms with Crippen LogP contribution < -0.4 is 5.73 Å². The lowest BCUT2D eigenvalue weighted by atomic mass is 10.3. The number of nitrogens with two attached hydrogens (primary N) is 1. The quantitative estimate of drug-likeness (QED) is 0.738. The lowest BCUT2D eigenvalue weighted by molar-refractivity contribution is -0.136. The molecule has 13 heavy (non-hydrogen) atoms. The van der Waals surface area contributed by atoms with Gasteiger partial charge >= 0.3 is 6.18 Å². The van der Waals surface area contributed by atoms with Crippen LogP contribution in [0.2, 0.25) is 0 Å². The van der Waals surface area contributed by atoms with Gasteiger partial charge < -0.3 is 10.6 Å². The molecule has 1 saturated heterocycles. The highest BCUT2D eigenvalue weighted by atomic mass is 19.4. The molecule has 0 spiro atoms. The number of hydrogen-bond acceptors (Lipinski definition) is 2. The molecule has 0 aromatic heterocycles. The Labute approximate surface area is 75.9 Å². The van der Waals surface area contributed by atoms with Gasteiger partial charge in [0, 0.05) is 19.0 Å². The second kappa shape index (κ2) is 4.28. The summed E-state index contributed by atoms with van der Waals surface area (Å²) in [6.07, 6.45) is -3.59. The van der Waals surface area contributed by atoms with Crippen LogP contribution in [0.5, 0.6) is 0 Å². The van der Waals surface area contributed by atoms with Crippen LogP contribution >= 0.6 is 0 Å². The van der Waals surface area contributed by atoms with E-state index in [9.17, 15) is 13.2 Å². The predicted octanol–water partition coefficient (Wildman–Crippen LogP) is 1.36. The van der Waals surface area contributed by atoms with Crippen molar-refractivity contribution in [3.05, 3.63) is 0 Å². The van der Waals surface area contributed by atoms with Crippen LogP contribution in [0.3, 0.4) is 0 Å². The molecule has 1 heterocycles. The van der Waals surface area contributed by atoms with E-state index >= 15 is 0 Å². The topological polar surface area (TPSA) is 29.3 Å². The predicted molar refractivity (Wildman–Crippen MR) is 44.3 cm³/mol. The van der Waals surface area contributed by atoms with Gasteiger partial charge in [-0.1, -0.05) is 0 Å². The molecule has 0 aromatic rings. The van der Waals surface area contributed by atoms with Crippen molar-refractivity contribution in [2.24, 2.45) is 5.73 Å². The summed E-state index contributed by atoms with van der Waals surface area (Å²) in [7, 11) is 0. The highest BCUT2D eigenvalue weighted by Gasteiger charge is 2.27. The fourth-order valence-corrected chi connectivity index (χ4v) is 1.57. The Bertz CT molecular complexity index is 158. The highest BCUT2D eigenvalue weighted by molar-refractivity contribution is 4.77. The number of halogens is 3. The SMILES string of the molecule is N[C@H]1CCN(CCCC(F)(F)F)C1. The maximum Gasteiger partial charge on any atom is 0.389 e. The zero-order valence-electron chi connectivity index (χ0n) is 7.48. The van der Waals surface area contributed by atoms with Crippen LogP contribution in [0.4, 0.5) is 13.2 Å². The van der Waals surface area contributed by atoms with Gasteiger partial charge in [0.05, 0.1) is 0 Å². The molecule has 1 rings (SSSR count). The molecule has 2 nitrogen and oxygen atoms in total. The van der Waals surface area contributed by atoms with Gasteiger partial charge in [-0.3, -0.25) is 0 Å². The Morgan fingerprint density at radius 3 is 2.54 bits per heavy atom. The maximum absolute atomic E-state index is 11.8. The Kier molecular flexibility index (Phi) is 3.55. The molecular formula is C8H15F3N2. The molecule has 5 heteroatoms. The van der Waals surface area contributed by atoms with E-state index in [2.05, 4.69) is 0 Å². The second-order valence-corrected chi connectivity index (χ2v) is 3.57. The standard InChI is InChI=1S/C8H15F3N2/c9-8(10,11)3-1-4-13-5-2-7(12)6-13/h7H,1-6,12H2/t7-/m0/s1. The van der Waals surface area contributed by atoms with Crippen molar-refractivity contribution in [2.75, 3.05) is 19.6 Å². The largest absolute Gasteiger partial charge is 0.389 e. The highest BCUT2D eigenvalue weighted by Crippen LogP contribution is 2.21. The molecule has 2 N–H and O–H groups in total. The third kappa shape index (κ3) is 4.47. The first-order valence-electron chi connectivity index (χ1n) is 4.52. The van der Waals surface area contributed by atoms with Crippen LogP contribution in [0.1, 0.15) is 19.3 Å². The molecule has 1 aliphatic heterocycles. The van der Waals surface area contributed by atoms with Crippen molar-refractivity contribution in [1.29, 1.82) is 0 Å². The van der Waals surface area contributed by atoms with E-state index in [-0.39, 0.29) is 12.5 Å². The average molecular weight is 196 g/mol. The molecule has 0 radical (unpaired) electrons. The van der Waals surface area contributed by atoms with E-state index in [4.69, 9.17) is 5.73 Å². The van der Waals surface area contributed by atoms with Gasteiger partial charge in [0.2, 0.25) is 0 Å². The van der Waals surface area contributed by atoms with Gasteiger partial charge in [-0.05, 0) is 25.9 Å². The van der Waals surface area contributed by atoms with Crippen LogP contribution in [0.25, 0.3) is 0 Å². The second-order valence-electron chi connectivity index (χ2n) is 3.57. The summed E-state index contributed by atoms with van der Waals surface area (Å²) in [5.74, 6) is 0. The van der Waals surface area contributed by atoms with E-state index in [0.29, 0.717) is 6.54 Å². The summed E-state index contributed by atoms with van der Waals surface area (Å²) < 4.78 is 35.3. The molecule has 0 unspecified atom stereocenters. The average Bonchev–Trinajstić information content (AvgIpc) is 2.33. The number of hydrogen-bond donors (Lipinski definition) is 1. The Morgan fingerprint density at radius 1 is 1.38 bits per heavy atom. The lowest BCUT2D eigenvalue weighted by Gasteiger charge is -2.15. The summed E-state index contributed by atoms with van der Waals surface area (Å²) in [5, 5.41) is 0. The molecular weight excluding hydrogens is 181 g/mol. The van der Waals surface area contributed by atoms with Crippen molar-refractivity contribution in [3.8, 4) is 0 Å². The minimum absolute atomic E-state index is 0.158. The Morgan fingerprint density at radius 2 is 2.08 bits per heavy atom. The zero-order chi connectivity index (χ0) is 9.90. The van der Waals surface area contributed by atoms with Gasteiger partial charge in [0.1, 0.15) is 0 Å². The van der Waals surface area contributed by atoms with Gasteiger partial charge in [-0.15, -0.1) is 0 Å². The Hall–Kier alpha value is -0.290. The zero-order valence-corrected chi connectivity index (χ0v) is 7.48. The van der Waals surface area contributed by atoms with Crippen molar-refractivity contribution < 1.29 is 13.2 Å². The summed E-state index contributed by atoms with van der Waals surface area (Å²) in [6.45, 7) is 2.12. The fraction of sp³-hybridized carbons (Fsp3) is 1.00. The summed E-state index contributed by atoms with van der Waals surface area (Å²) >= 11 is 0. The number of likely N-dealkylation sites (tertiary alicyclic amines) is 1. The van der Waals surface area contributed by atoms with E-state index in [0.717, 1.165) is 19.5 Å². The molecule has 1 fully saturated rings. The van der Waals surface area contributed by atoms with Crippen molar-refractivity contribution in [1.82, 2.24) is 4.90 Å². The van der Waals surface area contributed by atoms with Crippen molar-refractivity contribution in [3.63, 3.8) is 0 Å². The molecule has 0 aromatic carbocycles.